The number of carbonyl (C=O) groups excluding carboxylic acids is 2. The van der Waals surface area contributed by atoms with Crippen LogP contribution in [0.2, 0.25) is 0 Å². The van der Waals surface area contributed by atoms with Gasteiger partial charge in [-0.25, -0.2) is 0 Å². The van der Waals surface area contributed by atoms with E-state index in [0.717, 1.165) is 0 Å². The summed E-state index contributed by atoms with van der Waals surface area (Å²) < 4.78 is 5.02. The molecule has 15 heavy (non-hydrogen) atoms. The van der Waals surface area contributed by atoms with Crippen molar-refractivity contribution in [2.24, 2.45) is 11.5 Å². The van der Waals surface area contributed by atoms with Crippen molar-refractivity contribution < 1.29 is 14.3 Å². The lowest BCUT2D eigenvalue weighted by molar-refractivity contribution is -0.133. The summed E-state index contributed by atoms with van der Waals surface area (Å²) in [5, 5.41) is 0. The van der Waals surface area contributed by atoms with Crippen LogP contribution < -0.4 is 11.5 Å². The maximum Gasteiger partial charge on any atom is 0.262 e. The predicted octanol–water partition coefficient (Wildman–Crippen LogP) is -1.14. The maximum atomic E-state index is 11.1. The van der Waals surface area contributed by atoms with Gasteiger partial charge >= 0.3 is 0 Å². The third kappa shape index (κ3) is 1.26. The van der Waals surface area contributed by atoms with E-state index >= 15 is 0 Å². The first-order valence-corrected chi connectivity index (χ1v) is 4.26. The van der Waals surface area contributed by atoms with Crippen LogP contribution in [-0.2, 0) is 14.3 Å². The van der Waals surface area contributed by atoms with Gasteiger partial charge in [-0.1, -0.05) is 6.07 Å². The van der Waals surface area contributed by atoms with Crippen LogP contribution in [0.1, 0.15) is 11.7 Å². The molecule has 0 radical (unpaired) electrons. The van der Waals surface area contributed by atoms with E-state index in [2.05, 4.69) is 4.98 Å². The zero-order valence-corrected chi connectivity index (χ0v) is 7.71. The van der Waals surface area contributed by atoms with Gasteiger partial charge in [-0.05, 0) is 6.07 Å². The number of nitrogens with zero attached hydrogens (tertiary/aromatic N) is 1. The molecular weight excluding hydrogens is 198 g/mol. The lowest BCUT2D eigenvalue weighted by Crippen LogP contribution is -2.44. The van der Waals surface area contributed by atoms with Crippen molar-refractivity contribution >= 4 is 11.8 Å². The van der Waals surface area contributed by atoms with Gasteiger partial charge in [-0.15, -0.1) is 0 Å². The quantitative estimate of drug-likeness (QED) is 0.482. The van der Waals surface area contributed by atoms with E-state index in [4.69, 9.17) is 16.2 Å². The van der Waals surface area contributed by atoms with E-state index in [9.17, 15) is 9.59 Å². The first kappa shape index (κ1) is 9.60. The molecule has 1 fully saturated rings. The molecule has 6 nitrogen and oxygen atoms in total. The largest absolute Gasteiger partial charge is 0.367 e. The highest BCUT2D eigenvalue weighted by molar-refractivity contribution is 6.10. The van der Waals surface area contributed by atoms with Crippen molar-refractivity contribution in [1.82, 2.24) is 4.98 Å². The molecule has 0 bridgehead atoms. The van der Waals surface area contributed by atoms with Crippen LogP contribution in [0.5, 0.6) is 0 Å². The third-order valence-electron chi connectivity index (χ3n) is 2.34. The molecule has 6 heteroatoms. The Morgan fingerprint density at radius 2 is 2.07 bits per heavy atom. The minimum atomic E-state index is -1.69. The van der Waals surface area contributed by atoms with Gasteiger partial charge in [0.2, 0.25) is 0 Å². The number of nitrogens with two attached hydrogens (primary N) is 2. The molecule has 0 spiro atoms. The first-order chi connectivity index (χ1) is 7.09. The Labute approximate surface area is 85.2 Å². The summed E-state index contributed by atoms with van der Waals surface area (Å²) in [7, 11) is 0. The summed E-state index contributed by atoms with van der Waals surface area (Å²) in [6, 6.07) is 3.36. The summed E-state index contributed by atoms with van der Waals surface area (Å²) in [4.78, 5) is 26.0. The van der Waals surface area contributed by atoms with Gasteiger partial charge in [0.15, 0.2) is 0 Å². The second-order valence-corrected chi connectivity index (χ2v) is 3.25. The number of ether oxygens (including phenoxy) is 1. The maximum absolute atomic E-state index is 11.1. The van der Waals surface area contributed by atoms with Crippen molar-refractivity contribution in [2.45, 2.75) is 11.7 Å². The summed E-state index contributed by atoms with van der Waals surface area (Å²) >= 11 is 0. The highest BCUT2D eigenvalue weighted by Crippen LogP contribution is 2.48. The van der Waals surface area contributed by atoms with Crippen LogP contribution in [-0.4, -0.2) is 22.4 Å². The monoisotopic (exact) mass is 207 g/mol. The van der Waals surface area contributed by atoms with Gasteiger partial charge in [0.05, 0.1) is 0 Å². The van der Waals surface area contributed by atoms with Crippen molar-refractivity contribution in [3.8, 4) is 0 Å². The number of epoxide rings is 1. The zero-order valence-electron chi connectivity index (χ0n) is 7.71. The molecule has 0 unspecified atom stereocenters. The highest BCUT2D eigenvalue weighted by Gasteiger charge is 2.67. The Bertz CT molecular complexity index is 404. The predicted molar refractivity (Wildman–Crippen MR) is 49.2 cm³/mol. The molecule has 2 rings (SSSR count). The van der Waals surface area contributed by atoms with Crippen LogP contribution in [0.15, 0.2) is 24.5 Å². The van der Waals surface area contributed by atoms with Crippen molar-refractivity contribution in [3.63, 3.8) is 0 Å². The summed E-state index contributed by atoms with van der Waals surface area (Å²) in [6.07, 6.45) is 2.36. The highest BCUT2D eigenvalue weighted by atomic mass is 16.6. The summed E-state index contributed by atoms with van der Waals surface area (Å²) in [5.41, 5.74) is 9.07. The van der Waals surface area contributed by atoms with E-state index in [1.807, 2.05) is 0 Å². The van der Waals surface area contributed by atoms with Gasteiger partial charge in [0.1, 0.15) is 6.10 Å². The van der Waals surface area contributed by atoms with Gasteiger partial charge < -0.3 is 16.2 Å². The number of hydrogen-bond acceptors (Lipinski definition) is 4. The van der Waals surface area contributed by atoms with Crippen LogP contribution in [0.3, 0.4) is 0 Å². The molecule has 1 aromatic heterocycles. The molecular formula is C9H9N3O3. The van der Waals surface area contributed by atoms with Gasteiger partial charge in [-0.2, -0.15) is 0 Å². The standard InChI is InChI=1S/C9H9N3O3/c10-7(13)9(8(11)14)6(15-9)5-2-1-3-12-4-5/h1-4,6H,(H2,10,13)(H2,11,14)/t6-/m0/s1. The van der Waals surface area contributed by atoms with E-state index in [0.29, 0.717) is 5.56 Å². The Hall–Kier alpha value is -1.95. The van der Waals surface area contributed by atoms with Gasteiger partial charge in [-0.3, -0.25) is 14.6 Å². The van der Waals surface area contributed by atoms with Crippen LogP contribution in [0, 0.1) is 0 Å². The molecule has 0 aromatic carbocycles. The van der Waals surface area contributed by atoms with E-state index in [-0.39, 0.29) is 0 Å². The number of amides is 2. The number of pyridine rings is 1. The van der Waals surface area contributed by atoms with Crippen molar-refractivity contribution in [2.75, 3.05) is 0 Å². The molecule has 0 saturated carbocycles. The molecule has 1 aromatic rings. The topological polar surface area (TPSA) is 112 Å². The first-order valence-electron chi connectivity index (χ1n) is 4.26. The molecule has 2 amide bonds. The molecule has 1 saturated heterocycles. The molecule has 0 aliphatic carbocycles. The Morgan fingerprint density at radius 3 is 2.47 bits per heavy atom. The van der Waals surface area contributed by atoms with Gasteiger partial charge in [0, 0.05) is 18.0 Å². The number of rotatable bonds is 3. The average Bonchev–Trinajstić information content (AvgIpc) is 2.95. The molecule has 1 aliphatic heterocycles. The zero-order chi connectivity index (χ0) is 11.1. The minimum absolute atomic E-state index is 0.607. The third-order valence-corrected chi connectivity index (χ3v) is 2.34. The lowest BCUT2D eigenvalue weighted by atomic mass is 9.99. The van der Waals surface area contributed by atoms with Crippen LogP contribution in [0.25, 0.3) is 0 Å². The fraction of sp³-hybridized carbons (Fsp3) is 0.222. The lowest BCUT2D eigenvalue weighted by Gasteiger charge is -2.02. The van der Waals surface area contributed by atoms with Gasteiger partial charge in [0.25, 0.3) is 17.4 Å². The average molecular weight is 207 g/mol. The Balaban J connectivity index is 2.31. The second-order valence-electron chi connectivity index (χ2n) is 3.25. The van der Waals surface area contributed by atoms with Crippen LogP contribution in [0.4, 0.5) is 0 Å². The molecule has 2 heterocycles. The Morgan fingerprint density at radius 1 is 1.40 bits per heavy atom. The van der Waals surface area contributed by atoms with Crippen LogP contribution >= 0.6 is 0 Å². The molecule has 78 valence electrons. The number of carbonyl (C=O) groups is 2. The molecule has 1 atom stereocenters. The number of primary amides is 2. The van der Waals surface area contributed by atoms with Crippen molar-refractivity contribution in [1.29, 1.82) is 0 Å². The van der Waals surface area contributed by atoms with E-state index < -0.39 is 23.5 Å². The van der Waals surface area contributed by atoms with Crippen molar-refractivity contribution in [3.05, 3.63) is 30.1 Å². The molecule has 1 aliphatic rings. The fourth-order valence-corrected chi connectivity index (χ4v) is 1.48. The summed E-state index contributed by atoms with van der Waals surface area (Å²) in [5.74, 6) is -1.74. The number of hydrogen-bond donors (Lipinski definition) is 2. The molecule has 4 N–H and O–H groups in total. The SMILES string of the molecule is NC(=O)C1(C(N)=O)O[C@H]1c1cccnc1. The summed E-state index contributed by atoms with van der Waals surface area (Å²) in [6.45, 7) is 0. The minimum Gasteiger partial charge on any atom is -0.367 e. The van der Waals surface area contributed by atoms with E-state index in [1.165, 1.54) is 6.20 Å². The smallest absolute Gasteiger partial charge is 0.262 e. The fourth-order valence-electron chi connectivity index (χ4n) is 1.48. The number of aromatic nitrogens is 1. The normalized spacial score (nSPS) is 22.0. The Kier molecular flexibility index (Phi) is 1.94. The van der Waals surface area contributed by atoms with E-state index in [1.54, 1.807) is 18.3 Å². The second kappa shape index (κ2) is 3.03.